The second kappa shape index (κ2) is 7.26. The van der Waals surface area contributed by atoms with Crippen molar-refractivity contribution in [3.8, 4) is 23.0 Å². The Morgan fingerprint density at radius 1 is 1.07 bits per heavy atom. The summed E-state index contributed by atoms with van der Waals surface area (Å²) in [6.07, 6.45) is 0. The molecule has 0 saturated heterocycles. The van der Waals surface area contributed by atoms with E-state index in [1.165, 1.54) is 0 Å². The number of amides is 1. The summed E-state index contributed by atoms with van der Waals surface area (Å²) in [6.45, 7) is 5.89. The van der Waals surface area contributed by atoms with Gasteiger partial charge in [0.2, 0.25) is 6.79 Å². The van der Waals surface area contributed by atoms with Crippen LogP contribution in [0.15, 0.2) is 47.0 Å². The van der Waals surface area contributed by atoms with Crippen LogP contribution in [0.25, 0.3) is 0 Å². The van der Waals surface area contributed by atoms with Crippen molar-refractivity contribution in [2.75, 3.05) is 12.1 Å². The molecule has 1 N–H and O–H groups in total. The summed E-state index contributed by atoms with van der Waals surface area (Å²) in [5.74, 6) is 3.00. The summed E-state index contributed by atoms with van der Waals surface area (Å²) in [6, 6.07) is 12.5. The van der Waals surface area contributed by atoms with Crippen LogP contribution in [0.3, 0.4) is 0 Å². The lowest BCUT2D eigenvalue weighted by molar-refractivity contribution is 0.102. The first-order valence-electron chi connectivity index (χ1n) is 8.96. The smallest absolute Gasteiger partial charge is 0.261 e. The molecule has 0 atom stereocenters. The van der Waals surface area contributed by atoms with Gasteiger partial charge >= 0.3 is 0 Å². The lowest BCUT2D eigenvalue weighted by atomic mass is 10.0. The van der Waals surface area contributed by atoms with E-state index in [4.69, 9.17) is 18.7 Å². The number of nitrogens with one attached hydrogen (secondary N) is 1. The van der Waals surface area contributed by atoms with Crippen molar-refractivity contribution in [3.63, 3.8) is 0 Å². The Hall–Kier alpha value is -3.48. The van der Waals surface area contributed by atoms with E-state index in [1.807, 2.05) is 19.9 Å². The van der Waals surface area contributed by atoms with E-state index in [0.717, 1.165) is 0 Å². The zero-order chi connectivity index (χ0) is 19.7. The Morgan fingerprint density at radius 2 is 1.79 bits per heavy atom. The van der Waals surface area contributed by atoms with Crippen molar-refractivity contribution in [2.45, 2.75) is 26.7 Å². The lowest BCUT2D eigenvalue weighted by Crippen LogP contribution is -2.15. The molecule has 7 heteroatoms. The third-order valence-corrected chi connectivity index (χ3v) is 4.35. The van der Waals surface area contributed by atoms with Gasteiger partial charge in [0.25, 0.3) is 5.91 Å². The van der Waals surface area contributed by atoms with E-state index in [9.17, 15) is 4.79 Å². The number of carbonyl (C=O) groups excluding carboxylic acids is 1. The summed E-state index contributed by atoms with van der Waals surface area (Å²) in [5.41, 5.74) is 1.78. The molecule has 0 saturated carbocycles. The fourth-order valence-corrected chi connectivity index (χ4v) is 2.94. The van der Waals surface area contributed by atoms with Crippen LogP contribution in [-0.4, -0.2) is 17.9 Å². The number of ether oxygens (including phenoxy) is 3. The van der Waals surface area contributed by atoms with Crippen LogP contribution < -0.4 is 19.5 Å². The fourth-order valence-electron chi connectivity index (χ4n) is 2.94. The second-order valence-electron chi connectivity index (χ2n) is 6.75. The third-order valence-electron chi connectivity index (χ3n) is 4.35. The molecular formula is C21H20N2O5. The molecule has 1 amide bonds. The quantitative estimate of drug-likeness (QED) is 0.679. The van der Waals surface area contributed by atoms with Crippen LogP contribution in [0.4, 0.5) is 5.69 Å². The first kappa shape index (κ1) is 17.9. The number of rotatable bonds is 5. The minimum absolute atomic E-state index is 0.0932. The largest absolute Gasteiger partial charge is 0.457 e. The molecule has 0 unspecified atom stereocenters. The van der Waals surface area contributed by atoms with Gasteiger partial charge in [-0.25, -0.2) is 0 Å². The van der Waals surface area contributed by atoms with Gasteiger partial charge in [-0.3, -0.25) is 4.79 Å². The van der Waals surface area contributed by atoms with Crippen molar-refractivity contribution in [1.82, 2.24) is 5.16 Å². The normalized spacial score (nSPS) is 12.3. The van der Waals surface area contributed by atoms with Gasteiger partial charge in [-0.05, 0) is 49.2 Å². The maximum absolute atomic E-state index is 12.6. The Labute approximate surface area is 162 Å². The molecular weight excluding hydrogens is 360 g/mol. The topological polar surface area (TPSA) is 82.8 Å². The molecule has 0 bridgehead atoms. The molecule has 1 aliphatic rings. The van der Waals surface area contributed by atoms with Gasteiger partial charge in [0.05, 0.1) is 5.69 Å². The highest BCUT2D eigenvalue weighted by Gasteiger charge is 2.22. The van der Waals surface area contributed by atoms with E-state index < -0.39 is 0 Å². The van der Waals surface area contributed by atoms with Gasteiger partial charge in [0.1, 0.15) is 22.8 Å². The minimum atomic E-state index is -0.244. The predicted octanol–water partition coefficient (Wildman–Crippen LogP) is 4.88. The highest BCUT2D eigenvalue weighted by molar-refractivity contribution is 6.05. The molecule has 3 aromatic rings. The highest BCUT2D eigenvalue weighted by Crippen LogP contribution is 2.36. The van der Waals surface area contributed by atoms with Gasteiger partial charge in [-0.15, -0.1) is 0 Å². The molecule has 1 aliphatic heterocycles. The number of aromatic nitrogens is 1. The molecule has 1 aromatic heterocycles. The number of anilines is 1. The summed E-state index contributed by atoms with van der Waals surface area (Å²) in [4.78, 5) is 12.6. The second-order valence-corrected chi connectivity index (χ2v) is 6.75. The number of fused-ring (bicyclic) bond motifs is 1. The minimum Gasteiger partial charge on any atom is -0.457 e. The van der Waals surface area contributed by atoms with E-state index >= 15 is 0 Å². The molecule has 0 fully saturated rings. The number of hydrogen-bond acceptors (Lipinski definition) is 6. The molecule has 2 heterocycles. The summed E-state index contributed by atoms with van der Waals surface area (Å²) in [7, 11) is 0. The van der Waals surface area contributed by atoms with Crippen LogP contribution >= 0.6 is 0 Å². The molecule has 0 aliphatic carbocycles. The number of aryl methyl sites for hydroxylation is 1. The molecule has 0 spiro atoms. The van der Waals surface area contributed by atoms with Gasteiger partial charge < -0.3 is 24.1 Å². The Bertz CT molecular complexity index is 1010. The average molecular weight is 380 g/mol. The van der Waals surface area contributed by atoms with Crippen molar-refractivity contribution in [1.29, 1.82) is 0 Å². The zero-order valence-electron chi connectivity index (χ0n) is 15.8. The van der Waals surface area contributed by atoms with Crippen LogP contribution in [0.5, 0.6) is 23.0 Å². The Morgan fingerprint density at radius 3 is 2.54 bits per heavy atom. The van der Waals surface area contributed by atoms with E-state index in [0.29, 0.717) is 45.7 Å². The molecule has 4 rings (SSSR count). The van der Waals surface area contributed by atoms with Crippen molar-refractivity contribution in [3.05, 3.63) is 59.5 Å². The predicted molar refractivity (Wildman–Crippen MR) is 102 cm³/mol. The Kier molecular flexibility index (Phi) is 4.65. The van der Waals surface area contributed by atoms with E-state index in [-0.39, 0.29) is 18.6 Å². The van der Waals surface area contributed by atoms with Crippen LogP contribution in [0.1, 0.15) is 41.6 Å². The van der Waals surface area contributed by atoms with E-state index in [1.54, 1.807) is 43.3 Å². The first-order chi connectivity index (χ1) is 13.5. The summed E-state index contributed by atoms with van der Waals surface area (Å²) >= 11 is 0. The summed E-state index contributed by atoms with van der Waals surface area (Å²) in [5, 5.41) is 6.86. The lowest BCUT2D eigenvalue weighted by Gasteiger charge is -2.09. The highest BCUT2D eigenvalue weighted by atomic mass is 16.7. The molecule has 7 nitrogen and oxygen atoms in total. The van der Waals surface area contributed by atoms with Gasteiger partial charge in [-0.2, -0.15) is 0 Å². The maximum atomic E-state index is 12.6. The molecule has 144 valence electrons. The fraction of sp³-hybridized carbons (Fsp3) is 0.238. The summed E-state index contributed by atoms with van der Waals surface area (Å²) < 4.78 is 21.7. The molecule has 2 aromatic carbocycles. The standard InChI is InChI=1S/C21H20N2O5/c1-12(2)20-19(13(3)28-23-20)21(24)22-14-4-6-15(7-5-14)27-16-8-9-17-18(10-16)26-11-25-17/h4-10,12H,11H2,1-3H3,(H,22,24). The van der Waals surface area contributed by atoms with Crippen molar-refractivity contribution < 1.29 is 23.5 Å². The van der Waals surface area contributed by atoms with Crippen LogP contribution in [-0.2, 0) is 0 Å². The van der Waals surface area contributed by atoms with Gasteiger partial charge in [0, 0.05) is 11.8 Å². The monoisotopic (exact) mass is 380 g/mol. The van der Waals surface area contributed by atoms with Crippen molar-refractivity contribution >= 4 is 11.6 Å². The first-order valence-corrected chi connectivity index (χ1v) is 8.96. The van der Waals surface area contributed by atoms with E-state index in [2.05, 4.69) is 10.5 Å². The SMILES string of the molecule is Cc1onc(C(C)C)c1C(=O)Nc1ccc(Oc2ccc3c(c2)OCO3)cc1. The zero-order valence-corrected chi connectivity index (χ0v) is 15.8. The average Bonchev–Trinajstić information content (AvgIpc) is 3.29. The van der Waals surface area contributed by atoms with Gasteiger partial charge in [0.15, 0.2) is 11.5 Å². The molecule has 0 radical (unpaired) electrons. The third kappa shape index (κ3) is 3.51. The number of nitrogens with zero attached hydrogens (tertiary/aromatic N) is 1. The number of benzene rings is 2. The van der Waals surface area contributed by atoms with Crippen LogP contribution in [0, 0.1) is 6.92 Å². The maximum Gasteiger partial charge on any atom is 0.261 e. The number of carbonyl (C=O) groups is 1. The van der Waals surface area contributed by atoms with Crippen LogP contribution in [0.2, 0.25) is 0 Å². The number of hydrogen-bond donors (Lipinski definition) is 1. The van der Waals surface area contributed by atoms with Crippen molar-refractivity contribution in [2.24, 2.45) is 0 Å². The Balaban J connectivity index is 1.45. The molecule has 28 heavy (non-hydrogen) atoms. The van der Waals surface area contributed by atoms with Gasteiger partial charge in [-0.1, -0.05) is 19.0 Å².